The van der Waals surface area contributed by atoms with Gasteiger partial charge in [-0.15, -0.1) is 0 Å². The van der Waals surface area contributed by atoms with Crippen LogP contribution in [-0.2, 0) is 19.1 Å². The van der Waals surface area contributed by atoms with E-state index in [1.54, 1.807) is 48.5 Å². The van der Waals surface area contributed by atoms with Crippen LogP contribution < -0.4 is 18.9 Å². The number of unbranched alkanes of at least 4 members (excludes halogenated alkanes) is 7. The number of esters is 6. The maximum absolute atomic E-state index is 12.9. The molecule has 0 amide bonds. The minimum absolute atomic E-state index is 0.0613. The normalized spacial score (nSPS) is 11.7. The highest BCUT2D eigenvalue weighted by atomic mass is 16.6. The molecule has 0 saturated carbocycles. The Morgan fingerprint density at radius 3 is 0.919 bits per heavy atom. The van der Waals surface area contributed by atoms with Crippen LogP contribution in [0.5, 0.6) is 23.0 Å². The van der Waals surface area contributed by atoms with E-state index >= 15 is 0 Å². The van der Waals surface area contributed by atoms with Gasteiger partial charge >= 0.3 is 35.8 Å². The number of rotatable bonds is 27. The monoisotopic (exact) mass is 1000 g/mol. The van der Waals surface area contributed by atoms with E-state index in [1.165, 1.54) is 61.4 Å². The van der Waals surface area contributed by atoms with Crippen molar-refractivity contribution in [3.05, 3.63) is 168 Å². The summed E-state index contributed by atoms with van der Waals surface area (Å²) in [5.74, 6) is -1.62. The third kappa shape index (κ3) is 18.0. The van der Waals surface area contributed by atoms with Crippen molar-refractivity contribution < 1.29 is 57.2 Å². The van der Waals surface area contributed by atoms with Gasteiger partial charge in [0.05, 0.1) is 34.5 Å². The lowest BCUT2D eigenvalue weighted by molar-refractivity contribution is -0.136. The lowest BCUT2D eigenvalue weighted by Crippen LogP contribution is -2.15. The number of hydrogen-bond donors (Lipinski definition) is 0. The minimum Gasteiger partial charge on any atom is -0.459 e. The van der Waals surface area contributed by atoms with Crippen LogP contribution in [0.3, 0.4) is 0 Å². The molecule has 74 heavy (non-hydrogen) atoms. The third-order valence-electron chi connectivity index (χ3n) is 12.2. The minimum atomic E-state index is -0.582. The molecule has 6 aromatic carbocycles. The van der Waals surface area contributed by atoms with Crippen molar-refractivity contribution in [1.82, 2.24) is 0 Å². The molecule has 6 rings (SSSR count). The Bertz CT molecular complexity index is 2550. The summed E-state index contributed by atoms with van der Waals surface area (Å²) < 4.78 is 33.2. The predicted octanol–water partition coefficient (Wildman–Crippen LogP) is 14.6. The van der Waals surface area contributed by atoms with Crippen LogP contribution in [0.15, 0.2) is 146 Å². The summed E-state index contributed by atoms with van der Waals surface area (Å²) in [6.45, 7) is 8.18. The van der Waals surface area contributed by atoms with Gasteiger partial charge in [-0.1, -0.05) is 101 Å². The second-order valence-corrected chi connectivity index (χ2v) is 18.3. The van der Waals surface area contributed by atoms with E-state index < -0.39 is 23.9 Å². The van der Waals surface area contributed by atoms with Crippen molar-refractivity contribution in [3.8, 4) is 45.3 Å². The molecule has 2 unspecified atom stereocenters. The molecule has 2 atom stereocenters. The summed E-state index contributed by atoms with van der Waals surface area (Å²) in [5.41, 5.74) is 5.04. The molecule has 6 aromatic rings. The summed E-state index contributed by atoms with van der Waals surface area (Å²) in [6, 6.07) is 40.5. The largest absolute Gasteiger partial charge is 0.459 e. The lowest BCUT2D eigenvalue weighted by atomic mass is 10.0. The smallest absolute Gasteiger partial charge is 0.343 e. The second-order valence-electron chi connectivity index (χ2n) is 18.3. The zero-order valence-electron chi connectivity index (χ0n) is 42.8. The highest BCUT2D eigenvalue weighted by Gasteiger charge is 2.17. The fourth-order valence-electron chi connectivity index (χ4n) is 7.92. The van der Waals surface area contributed by atoms with Crippen LogP contribution in [0.4, 0.5) is 0 Å². The average molecular weight is 1000 g/mol. The van der Waals surface area contributed by atoms with E-state index in [4.69, 9.17) is 28.4 Å². The topological polar surface area (TPSA) is 158 Å². The van der Waals surface area contributed by atoms with Gasteiger partial charge < -0.3 is 28.4 Å². The summed E-state index contributed by atoms with van der Waals surface area (Å²) in [7, 11) is 0. The lowest BCUT2D eigenvalue weighted by Gasteiger charge is -2.13. The van der Waals surface area contributed by atoms with Gasteiger partial charge in [-0.2, -0.15) is 0 Å². The Morgan fingerprint density at radius 1 is 0.324 bits per heavy atom. The Morgan fingerprint density at radius 2 is 0.595 bits per heavy atom. The van der Waals surface area contributed by atoms with Crippen LogP contribution in [0.25, 0.3) is 22.3 Å². The van der Waals surface area contributed by atoms with Crippen molar-refractivity contribution in [3.63, 3.8) is 0 Å². The first-order chi connectivity index (χ1) is 35.9. The molecule has 0 N–H and O–H groups in total. The molecule has 0 aliphatic carbocycles. The molecular weight excluding hydrogens is 937 g/mol. The van der Waals surface area contributed by atoms with Gasteiger partial charge in [0.1, 0.15) is 23.0 Å². The van der Waals surface area contributed by atoms with Crippen LogP contribution in [-0.4, -0.2) is 48.0 Å². The zero-order chi connectivity index (χ0) is 52.7. The standard InChI is InChI=1S/C62H66O12/c1-5-7-9-11-15-43(3)69-59(65)49-23-19-45(20-24-49)47-27-35-55(36-28-47)73-61(67)51-31-39-53(40-32-51)71-57(63)17-13-14-18-58(64)72-54-41-33-52(34-42-54)62(68)74-56-37-29-48(30-38-56)46-21-25-50(26-22-46)60(66)70-44(4)16-12-10-8-6-2/h19-44H,5-18H2,1-4H3. The fraction of sp³-hybridized carbons (Fsp3) is 0.323. The Hall–Kier alpha value is -7.86. The van der Waals surface area contributed by atoms with Crippen LogP contribution in [0.1, 0.15) is 159 Å². The molecule has 0 radical (unpaired) electrons. The first-order valence-electron chi connectivity index (χ1n) is 25.8. The Kier molecular flexibility index (Phi) is 21.7. The SMILES string of the molecule is CCCCCCC(C)OC(=O)c1ccc(-c2ccc(OC(=O)c3ccc(OC(=O)CCCCC(=O)Oc4ccc(C(=O)Oc5ccc(-c6ccc(C(=O)OC(C)CCCCCC)cc6)cc5)cc4)cc3)cc2)cc1. The van der Waals surface area contributed by atoms with Crippen molar-refractivity contribution in [2.45, 2.75) is 130 Å². The molecule has 12 heteroatoms. The van der Waals surface area contributed by atoms with Crippen LogP contribution in [0.2, 0.25) is 0 Å². The predicted molar refractivity (Wildman–Crippen MR) is 284 cm³/mol. The number of ether oxygens (including phenoxy) is 6. The second kappa shape index (κ2) is 29.0. The van der Waals surface area contributed by atoms with E-state index in [1.807, 2.05) is 62.4 Å². The van der Waals surface area contributed by atoms with Crippen LogP contribution in [0, 0.1) is 0 Å². The summed E-state index contributed by atoms with van der Waals surface area (Å²) in [5, 5.41) is 0. The van der Waals surface area contributed by atoms with Gasteiger partial charge in [-0.3, -0.25) is 9.59 Å². The maximum Gasteiger partial charge on any atom is 0.343 e. The quantitative estimate of drug-likeness (QED) is 0.0274. The average Bonchev–Trinajstić information content (AvgIpc) is 3.41. The van der Waals surface area contributed by atoms with E-state index in [2.05, 4.69) is 13.8 Å². The van der Waals surface area contributed by atoms with E-state index in [9.17, 15) is 28.8 Å². The van der Waals surface area contributed by atoms with Gasteiger partial charge in [0.2, 0.25) is 0 Å². The first-order valence-corrected chi connectivity index (χ1v) is 25.8. The number of benzene rings is 6. The molecule has 0 heterocycles. The highest BCUT2D eigenvalue weighted by molar-refractivity contribution is 5.93. The zero-order valence-corrected chi connectivity index (χ0v) is 42.8. The van der Waals surface area contributed by atoms with Crippen molar-refractivity contribution in [2.24, 2.45) is 0 Å². The van der Waals surface area contributed by atoms with E-state index in [0.29, 0.717) is 35.5 Å². The third-order valence-corrected chi connectivity index (χ3v) is 12.2. The van der Waals surface area contributed by atoms with Crippen LogP contribution >= 0.6 is 0 Å². The van der Waals surface area contributed by atoms with E-state index in [-0.39, 0.29) is 59.6 Å². The Labute approximate surface area is 434 Å². The molecular formula is C62H66O12. The number of carbonyl (C=O) groups excluding carboxylic acids is 6. The summed E-state index contributed by atoms with van der Waals surface area (Å²) in [4.78, 5) is 76.1. The first kappa shape index (κ1) is 55.5. The highest BCUT2D eigenvalue weighted by Crippen LogP contribution is 2.27. The van der Waals surface area contributed by atoms with E-state index in [0.717, 1.165) is 73.6 Å². The number of hydrogen-bond acceptors (Lipinski definition) is 12. The molecule has 0 spiro atoms. The summed E-state index contributed by atoms with van der Waals surface area (Å²) in [6.07, 6.45) is 11.3. The molecule has 12 nitrogen and oxygen atoms in total. The molecule has 0 aliphatic heterocycles. The van der Waals surface area contributed by atoms with Gasteiger partial charge in [0.15, 0.2) is 0 Å². The van der Waals surface area contributed by atoms with Gasteiger partial charge in [-0.05, 0) is 172 Å². The molecule has 0 saturated heterocycles. The fourth-order valence-corrected chi connectivity index (χ4v) is 7.92. The van der Waals surface area contributed by atoms with Gasteiger partial charge in [0.25, 0.3) is 0 Å². The van der Waals surface area contributed by atoms with Gasteiger partial charge in [-0.25, -0.2) is 19.2 Å². The molecule has 386 valence electrons. The van der Waals surface area contributed by atoms with Gasteiger partial charge in [0, 0.05) is 12.8 Å². The van der Waals surface area contributed by atoms with Crippen molar-refractivity contribution in [2.75, 3.05) is 0 Å². The molecule has 0 fully saturated rings. The molecule has 0 aromatic heterocycles. The molecule has 0 bridgehead atoms. The Balaban J connectivity index is 0.847. The molecule has 0 aliphatic rings. The number of carbonyl (C=O) groups is 6. The van der Waals surface area contributed by atoms with Crippen molar-refractivity contribution >= 4 is 35.8 Å². The maximum atomic E-state index is 12.9. The summed E-state index contributed by atoms with van der Waals surface area (Å²) >= 11 is 0. The van der Waals surface area contributed by atoms with Crippen molar-refractivity contribution in [1.29, 1.82) is 0 Å².